The fraction of sp³-hybridized carbons (Fsp3) is 0.167. The van der Waals surface area contributed by atoms with Crippen LogP contribution in [0.4, 0.5) is 10.1 Å². The molecule has 0 amide bonds. The van der Waals surface area contributed by atoms with Gasteiger partial charge in [-0.2, -0.15) is 0 Å². The molecule has 4 nitrogen and oxygen atoms in total. The average molecular weight is 379 g/mol. The maximum absolute atomic E-state index is 13.9. The van der Waals surface area contributed by atoms with Gasteiger partial charge in [-0.1, -0.05) is 6.07 Å². The second-order valence-electron chi connectivity index (χ2n) is 4.04. The van der Waals surface area contributed by atoms with Crippen molar-refractivity contribution in [3.05, 3.63) is 44.8 Å². The van der Waals surface area contributed by atoms with Crippen LogP contribution in [0.3, 0.4) is 0 Å². The third kappa shape index (κ3) is 3.57. The molecule has 0 bridgehead atoms. The molecule has 8 heteroatoms. The van der Waals surface area contributed by atoms with Gasteiger partial charge in [-0.05, 0) is 45.9 Å². The van der Waals surface area contributed by atoms with Gasteiger partial charge in [-0.25, -0.2) is 17.5 Å². The molecule has 0 fully saturated rings. The molecule has 0 radical (unpaired) electrons. The highest BCUT2D eigenvalue weighted by molar-refractivity contribution is 9.10. The predicted octanol–water partition coefficient (Wildman–Crippen LogP) is 2.75. The second-order valence-corrected chi connectivity index (χ2v) is 7.66. The molecule has 1 heterocycles. The van der Waals surface area contributed by atoms with E-state index in [1.54, 1.807) is 11.3 Å². The lowest BCUT2D eigenvalue weighted by atomic mass is 10.3. The summed E-state index contributed by atoms with van der Waals surface area (Å²) in [4.78, 5) is 0.609. The Morgan fingerprint density at radius 1 is 1.40 bits per heavy atom. The Labute approximate surface area is 129 Å². The number of halogens is 2. The molecule has 0 atom stereocenters. The van der Waals surface area contributed by atoms with Gasteiger partial charge in [-0.15, -0.1) is 11.3 Å². The Balaban J connectivity index is 2.14. The molecule has 2 rings (SSSR count). The number of sulfonamides is 1. The van der Waals surface area contributed by atoms with Crippen LogP contribution in [0.25, 0.3) is 0 Å². The molecule has 0 aliphatic rings. The maximum Gasteiger partial charge on any atom is 0.243 e. The minimum Gasteiger partial charge on any atom is -0.399 e. The molecular weight excluding hydrogens is 367 g/mol. The van der Waals surface area contributed by atoms with Gasteiger partial charge in [0, 0.05) is 17.1 Å². The third-order valence-corrected chi connectivity index (χ3v) is 5.52. The molecule has 0 aliphatic carbocycles. The van der Waals surface area contributed by atoms with E-state index in [9.17, 15) is 12.8 Å². The van der Waals surface area contributed by atoms with E-state index in [-0.39, 0.29) is 16.7 Å². The van der Waals surface area contributed by atoms with E-state index in [0.29, 0.717) is 6.42 Å². The zero-order valence-corrected chi connectivity index (χ0v) is 13.5. The van der Waals surface area contributed by atoms with Crippen molar-refractivity contribution in [2.45, 2.75) is 11.3 Å². The summed E-state index contributed by atoms with van der Waals surface area (Å²) in [5.41, 5.74) is 5.72. The minimum absolute atomic E-state index is 0.0242. The van der Waals surface area contributed by atoms with Crippen LogP contribution >= 0.6 is 27.3 Å². The maximum atomic E-state index is 13.9. The van der Waals surface area contributed by atoms with Crippen molar-refractivity contribution in [2.24, 2.45) is 0 Å². The van der Waals surface area contributed by atoms with Gasteiger partial charge in [0.25, 0.3) is 0 Å². The van der Waals surface area contributed by atoms with Crippen LogP contribution < -0.4 is 10.5 Å². The lowest BCUT2D eigenvalue weighted by Crippen LogP contribution is -2.26. The van der Waals surface area contributed by atoms with Crippen LogP contribution in [0, 0.1) is 5.82 Å². The van der Waals surface area contributed by atoms with E-state index >= 15 is 0 Å². The monoisotopic (exact) mass is 378 g/mol. The van der Waals surface area contributed by atoms with Crippen LogP contribution in [-0.2, 0) is 16.4 Å². The van der Waals surface area contributed by atoms with E-state index < -0.39 is 20.7 Å². The van der Waals surface area contributed by atoms with Crippen molar-refractivity contribution < 1.29 is 12.8 Å². The highest BCUT2D eigenvalue weighted by Crippen LogP contribution is 2.26. The number of benzene rings is 1. The van der Waals surface area contributed by atoms with E-state index in [2.05, 4.69) is 20.7 Å². The Morgan fingerprint density at radius 3 is 2.80 bits per heavy atom. The normalized spacial score (nSPS) is 11.7. The first-order valence-electron chi connectivity index (χ1n) is 5.67. The molecule has 20 heavy (non-hydrogen) atoms. The summed E-state index contributed by atoms with van der Waals surface area (Å²) in [5.74, 6) is -0.845. The minimum atomic E-state index is -3.92. The van der Waals surface area contributed by atoms with E-state index in [4.69, 9.17) is 5.73 Å². The van der Waals surface area contributed by atoms with Crippen LogP contribution in [-0.4, -0.2) is 15.0 Å². The second kappa shape index (κ2) is 6.21. The Morgan fingerprint density at radius 2 is 2.15 bits per heavy atom. The largest absolute Gasteiger partial charge is 0.399 e. The van der Waals surface area contributed by atoms with Crippen LogP contribution in [0.15, 0.2) is 39.0 Å². The molecule has 1 aromatic carbocycles. The molecule has 108 valence electrons. The van der Waals surface area contributed by atoms with Gasteiger partial charge < -0.3 is 5.73 Å². The van der Waals surface area contributed by atoms with Crippen LogP contribution in [0.2, 0.25) is 0 Å². The van der Waals surface area contributed by atoms with E-state index in [0.717, 1.165) is 10.9 Å². The quantitative estimate of drug-likeness (QED) is 0.785. The summed E-state index contributed by atoms with van der Waals surface area (Å²) in [6.07, 6.45) is 0.558. The first-order chi connectivity index (χ1) is 9.40. The molecule has 0 unspecified atom stereocenters. The topological polar surface area (TPSA) is 72.2 Å². The molecular formula is C12H12BrFN2O2S2. The van der Waals surface area contributed by atoms with E-state index in [1.807, 2.05) is 17.5 Å². The van der Waals surface area contributed by atoms with Gasteiger partial charge in [0.15, 0.2) is 5.82 Å². The number of nitrogens with two attached hydrogens (primary N) is 1. The fourth-order valence-electron chi connectivity index (χ4n) is 1.62. The van der Waals surface area contributed by atoms with Crippen molar-refractivity contribution in [1.82, 2.24) is 4.72 Å². The highest BCUT2D eigenvalue weighted by atomic mass is 79.9. The number of thiophene rings is 1. The van der Waals surface area contributed by atoms with Crippen molar-refractivity contribution in [3.63, 3.8) is 0 Å². The third-order valence-electron chi connectivity index (χ3n) is 2.55. The summed E-state index contributed by atoms with van der Waals surface area (Å²) in [6.45, 7) is 0.203. The zero-order chi connectivity index (χ0) is 14.8. The number of hydrogen-bond donors (Lipinski definition) is 2. The number of nitrogen functional groups attached to an aromatic ring is 1. The number of anilines is 1. The van der Waals surface area contributed by atoms with Crippen molar-refractivity contribution in [2.75, 3.05) is 12.3 Å². The average Bonchev–Trinajstić information content (AvgIpc) is 2.86. The Kier molecular flexibility index (Phi) is 4.79. The fourth-order valence-corrected chi connectivity index (χ4v) is 4.10. The van der Waals surface area contributed by atoms with Gasteiger partial charge in [0.05, 0.1) is 4.47 Å². The summed E-state index contributed by atoms with van der Waals surface area (Å²) >= 11 is 4.48. The molecule has 0 saturated carbocycles. The summed E-state index contributed by atoms with van der Waals surface area (Å²) in [7, 11) is -3.92. The molecule has 2 aromatic rings. The zero-order valence-electron chi connectivity index (χ0n) is 10.3. The first-order valence-corrected chi connectivity index (χ1v) is 8.82. The van der Waals surface area contributed by atoms with Crippen LogP contribution in [0.1, 0.15) is 4.88 Å². The summed E-state index contributed by atoms with van der Waals surface area (Å²) < 4.78 is 40.4. The highest BCUT2D eigenvalue weighted by Gasteiger charge is 2.21. The lowest BCUT2D eigenvalue weighted by Gasteiger charge is -2.09. The van der Waals surface area contributed by atoms with Gasteiger partial charge in [0.2, 0.25) is 10.0 Å². The number of hydrogen-bond acceptors (Lipinski definition) is 4. The van der Waals surface area contributed by atoms with Crippen molar-refractivity contribution in [1.29, 1.82) is 0 Å². The number of nitrogens with one attached hydrogen (secondary N) is 1. The van der Waals surface area contributed by atoms with Crippen LogP contribution in [0.5, 0.6) is 0 Å². The smallest absolute Gasteiger partial charge is 0.243 e. The SMILES string of the molecule is Nc1cc(Br)c(F)c(S(=O)(=O)NCCc2cccs2)c1. The molecule has 0 saturated heterocycles. The predicted molar refractivity (Wildman–Crippen MR) is 81.7 cm³/mol. The van der Waals surface area contributed by atoms with Gasteiger partial charge >= 0.3 is 0 Å². The lowest BCUT2D eigenvalue weighted by molar-refractivity contribution is 0.554. The summed E-state index contributed by atoms with van der Waals surface area (Å²) in [6, 6.07) is 6.23. The molecule has 0 spiro atoms. The van der Waals surface area contributed by atoms with Gasteiger partial charge in [-0.3, -0.25) is 0 Å². The standard InChI is InChI=1S/C12H12BrFN2O2S2/c13-10-6-8(15)7-11(12(10)14)20(17,18)16-4-3-9-2-1-5-19-9/h1-2,5-7,16H,3-4,15H2. The summed E-state index contributed by atoms with van der Waals surface area (Å²) in [5, 5.41) is 1.92. The molecule has 3 N–H and O–H groups in total. The molecule has 1 aromatic heterocycles. The number of rotatable bonds is 5. The first kappa shape index (κ1) is 15.4. The van der Waals surface area contributed by atoms with Gasteiger partial charge in [0.1, 0.15) is 4.90 Å². The Bertz CT molecular complexity index is 702. The van der Waals surface area contributed by atoms with Crippen molar-refractivity contribution >= 4 is 43.0 Å². The molecule has 0 aliphatic heterocycles. The Hall–Kier alpha value is -0.960. The van der Waals surface area contributed by atoms with E-state index in [1.165, 1.54) is 6.07 Å². The van der Waals surface area contributed by atoms with Crippen molar-refractivity contribution in [3.8, 4) is 0 Å².